The van der Waals surface area contributed by atoms with Crippen molar-refractivity contribution in [2.75, 3.05) is 6.73 Å². The van der Waals surface area contributed by atoms with Gasteiger partial charge in [-0.25, -0.2) is 9.59 Å². The van der Waals surface area contributed by atoms with Gasteiger partial charge in [0, 0.05) is 5.57 Å². The molecule has 0 spiro atoms. The summed E-state index contributed by atoms with van der Waals surface area (Å²) in [6.45, 7) is 4.94. The Balaban J connectivity index is 3.69. The van der Waals surface area contributed by atoms with E-state index in [1.807, 2.05) is 0 Å². The molecule has 4 nitrogen and oxygen atoms in total. The second-order valence-corrected chi connectivity index (χ2v) is 1.77. The van der Waals surface area contributed by atoms with Crippen LogP contribution in [0.1, 0.15) is 13.3 Å². The minimum atomic E-state index is -0.522. The molecule has 0 amide bonds. The first kappa shape index (κ1) is 9.59. The molecule has 0 fully saturated rings. The maximum Gasteiger partial charge on any atom is 0.335 e. The van der Waals surface area contributed by atoms with E-state index in [4.69, 9.17) is 0 Å². The van der Waals surface area contributed by atoms with Crippen LogP contribution in [-0.2, 0) is 14.3 Å². The smallest absolute Gasteiger partial charge is 0.335 e. The van der Waals surface area contributed by atoms with Crippen molar-refractivity contribution in [2.45, 2.75) is 13.3 Å². The first-order valence-electron chi connectivity index (χ1n) is 3.11. The summed E-state index contributed by atoms with van der Waals surface area (Å²) in [5, 5.41) is 0. The second-order valence-electron chi connectivity index (χ2n) is 1.77. The van der Waals surface area contributed by atoms with Crippen LogP contribution in [0.5, 0.6) is 0 Å². The Morgan fingerprint density at radius 3 is 2.82 bits per heavy atom. The molecule has 0 aliphatic heterocycles. The first-order valence-corrected chi connectivity index (χ1v) is 3.11. The lowest BCUT2D eigenvalue weighted by molar-refractivity contribution is -0.138. The molecule has 60 valence electrons. The third-order valence-electron chi connectivity index (χ3n) is 1.04. The predicted octanol–water partition coefficient (Wildman–Crippen LogP) is 0.789. The molecule has 0 aromatic rings. The molecule has 4 heteroatoms. The second kappa shape index (κ2) is 5.38. The molecule has 0 atom stereocenters. The molecule has 0 radical (unpaired) electrons. The number of hydrogen-bond acceptors (Lipinski definition) is 4. The minimum Gasteiger partial charge on any atom is -0.438 e. The molecule has 11 heavy (non-hydrogen) atoms. The highest BCUT2D eigenvalue weighted by molar-refractivity contribution is 5.87. The van der Waals surface area contributed by atoms with E-state index in [-0.39, 0.29) is 6.73 Å². The fourth-order valence-corrected chi connectivity index (χ4v) is 0.364. The van der Waals surface area contributed by atoms with Gasteiger partial charge in [-0.1, -0.05) is 13.5 Å². The van der Waals surface area contributed by atoms with Gasteiger partial charge < -0.3 is 4.74 Å². The molecule has 0 aromatic carbocycles. The number of hydrogen-bond donors (Lipinski definition) is 0. The summed E-state index contributed by atoms with van der Waals surface area (Å²) < 4.78 is 4.47. The zero-order valence-corrected chi connectivity index (χ0v) is 6.29. The molecule has 0 aliphatic rings. The Labute approximate surface area is 64.6 Å². The maximum absolute atomic E-state index is 10.7. The largest absolute Gasteiger partial charge is 0.438 e. The van der Waals surface area contributed by atoms with Gasteiger partial charge >= 0.3 is 5.97 Å². The Hall–Kier alpha value is -1.41. The summed E-state index contributed by atoms with van der Waals surface area (Å²) in [4.78, 5) is 23.3. The van der Waals surface area contributed by atoms with Gasteiger partial charge in [-0.15, -0.1) is 0 Å². The van der Waals surface area contributed by atoms with E-state index in [9.17, 15) is 9.59 Å². The molecular formula is C7H9NO3. The van der Waals surface area contributed by atoms with Crippen molar-refractivity contribution in [3.8, 4) is 0 Å². The average Bonchev–Trinajstić information content (AvgIpc) is 2.03. The van der Waals surface area contributed by atoms with E-state index in [0.29, 0.717) is 12.0 Å². The molecule has 0 heterocycles. The highest BCUT2D eigenvalue weighted by Crippen LogP contribution is 1.98. The van der Waals surface area contributed by atoms with Crippen molar-refractivity contribution in [2.24, 2.45) is 4.99 Å². The number of ether oxygens (including phenoxy) is 1. The van der Waals surface area contributed by atoms with Gasteiger partial charge in [-0.05, 0) is 6.42 Å². The number of isocyanates is 1. The van der Waals surface area contributed by atoms with Gasteiger partial charge in [0.1, 0.15) is 0 Å². The number of carbonyl (C=O) groups is 1. The van der Waals surface area contributed by atoms with Crippen molar-refractivity contribution < 1.29 is 14.3 Å². The molecule has 0 saturated heterocycles. The van der Waals surface area contributed by atoms with E-state index in [1.54, 1.807) is 6.92 Å². The third kappa shape index (κ3) is 4.06. The lowest BCUT2D eigenvalue weighted by Gasteiger charge is -1.99. The highest BCUT2D eigenvalue weighted by Gasteiger charge is 2.03. The zero-order chi connectivity index (χ0) is 8.69. The number of rotatable bonds is 4. The Morgan fingerprint density at radius 1 is 1.73 bits per heavy atom. The molecule has 0 N–H and O–H groups in total. The third-order valence-corrected chi connectivity index (χ3v) is 1.04. The van der Waals surface area contributed by atoms with Gasteiger partial charge in [-0.3, -0.25) is 0 Å². The highest BCUT2D eigenvalue weighted by atomic mass is 16.5. The van der Waals surface area contributed by atoms with Crippen molar-refractivity contribution in [1.29, 1.82) is 0 Å². The van der Waals surface area contributed by atoms with Crippen LogP contribution in [0, 0.1) is 0 Å². The molecule has 0 aromatic heterocycles. The van der Waals surface area contributed by atoms with Gasteiger partial charge in [-0.2, -0.15) is 4.99 Å². The van der Waals surface area contributed by atoms with Crippen LogP contribution in [0.4, 0.5) is 0 Å². The Kier molecular flexibility index (Phi) is 4.69. The van der Waals surface area contributed by atoms with E-state index >= 15 is 0 Å². The summed E-state index contributed by atoms with van der Waals surface area (Å²) >= 11 is 0. The van der Waals surface area contributed by atoms with E-state index < -0.39 is 5.97 Å². The van der Waals surface area contributed by atoms with Crippen molar-refractivity contribution in [3.05, 3.63) is 12.2 Å². The zero-order valence-electron chi connectivity index (χ0n) is 6.29. The standard InChI is InChI=1S/C7H9NO3/c1-3-6(2)7(10)11-5-8-4-9/h2-3,5H2,1H3. The van der Waals surface area contributed by atoms with Gasteiger partial charge in [0.15, 0.2) is 6.73 Å². The van der Waals surface area contributed by atoms with Gasteiger partial charge in [0.2, 0.25) is 6.08 Å². The SMILES string of the molecule is C=C(CC)C(=O)OCN=C=O. The Morgan fingerprint density at radius 2 is 2.36 bits per heavy atom. The van der Waals surface area contributed by atoms with Gasteiger partial charge in [0.05, 0.1) is 0 Å². The van der Waals surface area contributed by atoms with Crippen LogP contribution >= 0.6 is 0 Å². The van der Waals surface area contributed by atoms with E-state index in [0.717, 1.165) is 0 Å². The lowest BCUT2D eigenvalue weighted by atomic mass is 10.2. The van der Waals surface area contributed by atoms with Crippen LogP contribution in [0.3, 0.4) is 0 Å². The lowest BCUT2D eigenvalue weighted by Crippen LogP contribution is -2.06. The quantitative estimate of drug-likeness (QED) is 0.261. The monoisotopic (exact) mass is 155 g/mol. The first-order chi connectivity index (χ1) is 5.22. The molecule has 0 rings (SSSR count). The number of aliphatic imine (C=N–C) groups is 1. The molecule has 0 aliphatic carbocycles. The normalized spacial score (nSPS) is 8.09. The topological polar surface area (TPSA) is 55.7 Å². The maximum atomic E-state index is 10.7. The van der Waals surface area contributed by atoms with Gasteiger partial charge in [0.25, 0.3) is 0 Å². The van der Waals surface area contributed by atoms with Crippen LogP contribution < -0.4 is 0 Å². The molecule has 0 unspecified atom stereocenters. The predicted molar refractivity (Wildman–Crippen MR) is 38.5 cm³/mol. The summed E-state index contributed by atoms with van der Waals surface area (Å²) in [6, 6.07) is 0. The number of esters is 1. The summed E-state index contributed by atoms with van der Waals surface area (Å²) in [6.07, 6.45) is 1.78. The summed E-state index contributed by atoms with van der Waals surface area (Å²) in [7, 11) is 0. The minimum absolute atomic E-state index is 0.276. The Bertz CT molecular complexity index is 204. The van der Waals surface area contributed by atoms with Crippen LogP contribution in [0.2, 0.25) is 0 Å². The summed E-state index contributed by atoms with van der Waals surface area (Å²) in [5.74, 6) is -0.522. The molecule has 0 bridgehead atoms. The van der Waals surface area contributed by atoms with Crippen LogP contribution in [0.25, 0.3) is 0 Å². The van der Waals surface area contributed by atoms with E-state index in [2.05, 4.69) is 16.3 Å². The van der Waals surface area contributed by atoms with Crippen molar-refractivity contribution in [1.82, 2.24) is 0 Å². The van der Waals surface area contributed by atoms with Crippen molar-refractivity contribution >= 4 is 12.0 Å². The fourth-order valence-electron chi connectivity index (χ4n) is 0.364. The average molecular weight is 155 g/mol. The number of nitrogens with zero attached hydrogens (tertiary/aromatic N) is 1. The fraction of sp³-hybridized carbons (Fsp3) is 0.429. The number of carbonyl (C=O) groups excluding carboxylic acids is 2. The molecule has 0 saturated carbocycles. The van der Waals surface area contributed by atoms with Crippen LogP contribution in [-0.4, -0.2) is 18.8 Å². The van der Waals surface area contributed by atoms with Crippen LogP contribution in [0.15, 0.2) is 17.1 Å². The summed E-state index contributed by atoms with van der Waals surface area (Å²) in [5.41, 5.74) is 0.367. The van der Waals surface area contributed by atoms with Crippen molar-refractivity contribution in [3.63, 3.8) is 0 Å². The molecular weight excluding hydrogens is 146 g/mol. The van der Waals surface area contributed by atoms with E-state index in [1.165, 1.54) is 6.08 Å².